The zero-order valence-electron chi connectivity index (χ0n) is 9.34. The molecule has 3 aromatic rings. The number of nitrogens with zero attached hydrogens (tertiary/aromatic N) is 2. The Bertz CT molecular complexity index is 565. The van der Waals surface area contributed by atoms with E-state index in [4.69, 9.17) is 0 Å². The Labute approximate surface area is 104 Å². The smallest absolute Gasteiger partial charge is 0.137 e. The first-order valence-electron chi connectivity index (χ1n) is 5.57. The Morgan fingerprint density at radius 2 is 2.18 bits per heavy atom. The van der Waals surface area contributed by atoms with Crippen LogP contribution < -0.4 is 5.32 Å². The van der Waals surface area contributed by atoms with Gasteiger partial charge in [0, 0.05) is 30.4 Å². The molecule has 0 unspecified atom stereocenters. The molecule has 3 heterocycles. The van der Waals surface area contributed by atoms with Gasteiger partial charge in [-0.2, -0.15) is 0 Å². The normalized spacial score (nSPS) is 11.1. The number of hydrogen-bond donors (Lipinski definition) is 1. The highest BCUT2D eigenvalue weighted by molar-refractivity contribution is 7.09. The Kier molecular flexibility index (Phi) is 2.90. The van der Waals surface area contributed by atoms with Crippen molar-refractivity contribution in [3.05, 3.63) is 58.7 Å². The van der Waals surface area contributed by atoms with Crippen molar-refractivity contribution in [2.24, 2.45) is 0 Å². The molecule has 86 valence electrons. The molecular weight excluding hydrogens is 230 g/mol. The maximum Gasteiger partial charge on any atom is 0.137 e. The fraction of sp³-hybridized carbons (Fsp3) is 0.154. The molecule has 0 aliphatic rings. The van der Waals surface area contributed by atoms with Gasteiger partial charge in [-0.15, -0.1) is 11.3 Å². The van der Waals surface area contributed by atoms with Crippen molar-refractivity contribution < 1.29 is 0 Å². The summed E-state index contributed by atoms with van der Waals surface area (Å²) < 4.78 is 2.04. The summed E-state index contributed by atoms with van der Waals surface area (Å²) in [5.41, 5.74) is 2.08. The minimum atomic E-state index is 0.805. The molecule has 0 amide bonds. The van der Waals surface area contributed by atoms with Gasteiger partial charge in [-0.05, 0) is 23.6 Å². The van der Waals surface area contributed by atoms with Gasteiger partial charge in [-0.3, -0.25) is 0 Å². The molecule has 0 bridgehead atoms. The second kappa shape index (κ2) is 4.69. The highest BCUT2D eigenvalue weighted by Gasteiger charge is 2.00. The summed E-state index contributed by atoms with van der Waals surface area (Å²) in [4.78, 5) is 5.89. The van der Waals surface area contributed by atoms with Gasteiger partial charge in [-0.1, -0.05) is 12.1 Å². The second-order valence-corrected chi connectivity index (χ2v) is 4.91. The van der Waals surface area contributed by atoms with E-state index < -0.39 is 0 Å². The Morgan fingerprint density at radius 3 is 3.00 bits per heavy atom. The number of fused-ring (bicyclic) bond motifs is 1. The van der Waals surface area contributed by atoms with Crippen LogP contribution in [-0.2, 0) is 13.1 Å². The summed E-state index contributed by atoms with van der Waals surface area (Å²) in [5, 5.41) is 5.50. The summed E-state index contributed by atoms with van der Waals surface area (Å²) in [7, 11) is 0. The molecule has 0 saturated heterocycles. The number of aromatic nitrogens is 2. The number of rotatable bonds is 4. The van der Waals surface area contributed by atoms with Crippen LogP contribution >= 0.6 is 11.3 Å². The second-order valence-electron chi connectivity index (χ2n) is 3.88. The fourth-order valence-corrected chi connectivity index (χ4v) is 2.47. The summed E-state index contributed by atoms with van der Waals surface area (Å²) in [6.45, 7) is 1.71. The van der Waals surface area contributed by atoms with E-state index in [0.29, 0.717) is 0 Å². The van der Waals surface area contributed by atoms with E-state index in [1.165, 1.54) is 4.88 Å². The molecule has 3 nitrogen and oxygen atoms in total. The van der Waals surface area contributed by atoms with Gasteiger partial charge < -0.3 is 9.72 Å². The van der Waals surface area contributed by atoms with Crippen molar-refractivity contribution in [2.45, 2.75) is 13.1 Å². The fourth-order valence-electron chi connectivity index (χ4n) is 1.80. The van der Waals surface area contributed by atoms with E-state index >= 15 is 0 Å². The Balaban J connectivity index is 1.65. The van der Waals surface area contributed by atoms with Crippen molar-refractivity contribution in [1.82, 2.24) is 14.7 Å². The largest absolute Gasteiger partial charge is 0.307 e. The third-order valence-electron chi connectivity index (χ3n) is 2.60. The Hall–Kier alpha value is -1.65. The van der Waals surface area contributed by atoms with E-state index in [9.17, 15) is 0 Å². The topological polar surface area (TPSA) is 29.3 Å². The van der Waals surface area contributed by atoms with E-state index in [0.717, 1.165) is 24.4 Å². The molecule has 4 heteroatoms. The van der Waals surface area contributed by atoms with Gasteiger partial charge in [-0.25, -0.2) is 4.98 Å². The molecule has 3 aromatic heterocycles. The Morgan fingerprint density at radius 1 is 1.18 bits per heavy atom. The first kappa shape index (κ1) is 10.5. The molecule has 17 heavy (non-hydrogen) atoms. The third-order valence-corrected chi connectivity index (χ3v) is 3.48. The van der Waals surface area contributed by atoms with Crippen LogP contribution in [0, 0.1) is 0 Å². The SMILES string of the molecule is c1csc(CNCc2cn3ccccc3n2)c1. The van der Waals surface area contributed by atoms with Gasteiger partial charge in [0.2, 0.25) is 0 Å². The molecule has 0 aromatic carbocycles. The highest BCUT2D eigenvalue weighted by Crippen LogP contribution is 2.08. The number of pyridine rings is 1. The molecule has 0 radical (unpaired) electrons. The van der Waals surface area contributed by atoms with Crippen LogP contribution in [0.15, 0.2) is 48.1 Å². The van der Waals surface area contributed by atoms with Crippen LogP contribution in [0.4, 0.5) is 0 Å². The molecule has 0 atom stereocenters. The molecule has 1 N–H and O–H groups in total. The first-order chi connectivity index (χ1) is 8.42. The summed E-state index contributed by atoms with van der Waals surface area (Å²) >= 11 is 1.77. The molecule has 0 saturated carbocycles. The van der Waals surface area contributed by atoms with Gasteiger partial charge in [0.25, 0.3) is 0 Å². The number of nitrogens with one attached hydrogen (secondary N) is 1. The molecule has 0 aliphatic heterocycles. The average Bonchev–Trinajstić information content (AvgIpc) is 2.96. The zero-order valence-corrected chi connectivity index (χ0v) is 10.2. The van der Waals surface area contributed by atoms with Crippen LogP contribution in [0.2, 0.25) is 0 Å². The zero-order chi connectivity index (χ0) is 11.5. The van der Waals surface area contributed by atoms with Crippen molar-refractivity contribution >= 4 is 17.0 Å². The standard InChI is InChI=1S/C13H13N3S/c1-2-6-16-10-11(15-13(16)5-1)8-14-9-12-4-3-7-17-12/h1-7,10,14H,8-9H2. The van der Waals surface area contributed by atoms with Crippen molar-refractivity contribution in [3.8, 4) is 0 Å². The van der Waals surface area contributed by atoms with E-state index in [1.54, 1.807) is 11.3 Å². The molecule has 0 fully saturated rings. The van der Waals surface area contributed by atoms with E-state index in [-0.39, 0.29) is 0 Å². The number of thiophene rings is 1. The summed E-state index contributed by atoms with van der Waals surface area (Å²) in [6.07, 6.45) is 4.09. The average molecular weight is 243 g/mol. The minimum absolute atomic E-state index is 0.805. The van der Waals surface area contributed by atoms with Crippen LogP contribution in [0.1, 0.15) is 10.6 Å². The van der Waals surface area contributed by atoms with Crippen molar-refractivity contribution in [2.75, 3.05) is 0 Å². The van der Waals surface area contributed by atoms with Crippen molar-refractivity contribution in [3.63, 3.8) is 0 Å². The monoisotopic (exact) mass is 243 g/mol. The summed E-state index contributed by atoms with van der Waals surface area (Å²) in [5.74, 6) is 0. The quantitative estimate of drug-likeness (QED) is 0.763. The number of hydrogen-bond acceptors (Lipinski definition) is 3. The van der Waals surface area contributed by atoms with Crippen molar-refractivity contribution in [1.29, 1.82) is 0 Å². The lowest BCUT2D eigenvalue weighted by atomic mass is 10.4. The predicted octanol–water partition coefficient (Wildman–Crippen LogP) is 2.69. The van der Waals surface area contributed by atoms with Gasteiger partial charge in [0.1, 0.15) is 5.65 Å². The lowest BCUT2D eigenvalue weighted by Gasteiger charge is -1.98. The van der Waals surface area contributed by atoms with Gasteiger partial charge in [0.05, 0.1) is 5.69 Å². The van der Waals surface area contributed by atoms with Gasteiger partial charge >= 0.3 is 0 Å². The molecule has 0 spiro atoms. The predicted molar refractivity (Wildman–Crippen MR) is 70.1 cm³/mol. The third kappa shape index (κ3) is 2.38. The number of imidazole rings is 1. The molecule has 3 rings (SSSR count). The van der Waals surface area contributed by atoms with E-state index in [1.807, 2.05) is 28.8 Å². The van der Waals surface area contributed by atoms with E-state index in [2.05, 4.69) is 34.0 Å². The maximum atomic E-state index is 4.54. The van der Waals surface area contributed by atoms with Crippen LogP contribution in [0.3, 0.4) is 0 Å². The first-order valence-corrected chi connectivity index (χ1v) is 6.45. The molecule has 0 aliphatic carbocycles. The lowest BCUT2D eigenvalue weighted by molar-refractivity contribution is 0.690. The maximum absolute atomic E-state index is 4.54. The van der Waals surface area contributed by atoms with Gasteiger partial charge in [0.15, 0.2) is 0 Å². The summed E-state index contributed by atoms with van der Waals surface area (Å²) in [6, 6.07) is 10.2. The van der Waals surface area contributed by atoms with Crippen LogP contribution in [0.25, 0.3) is 5.65 Å². The van der Waals surface area contributed by atoms with Crippen LogP contribution in [-0.4, -0.2) is 9.38 Å². The lowest BCUT2D eigenvalue weighted by Crippen LogP contribution is -2.11. The minimum Gasteiger partial charge on any atom is -0.307 e. The molecular formula is C13H13N3S. The highest BCUT2D eigenvalue weighted by atomic mass is 32.1. The van der Waals surface area contributed by atoms with Crippen LogP contribution in [0.5, 0.6) is 0 Å².